The van der Waals surface area contributed by atoms with Crippen molar-refractivity contribution in [2.24, 2.45) is 21.1 Å². The van der Waals surface area contributed by atoms with Gasteiger partial charge in [0.1, 0.15) is 5.84 Å². The number of aliphatic imine (C=N–C) groups is 2. The van der Waals surface area contributed by atoms with Gasteiger partial charge in [-0.25, -0.2) is 4.99 Å². The molecule has 1 unspecified atom stereocenters. The molecule has 0 amide bonds. The summed E-state index contributed by atoms with van der Waals surface area (Å²) in [6, 6.07) is 7.14. The molecule has 2 saturated carbocycles. The Labute approximate surface area is 155 Å². The van der Waals surface area contributed by atoms with E-state index < -0.39 is 5.66 Å². The molecule has 0 aromatic heterocycles. The lowest BCUT2D eigenvalue weighted by molar-refractivity contribution is -0.000389. The van der Waals surface area contributed by atoms with Crippen LogP contribution in [0, 0.1) is 5.41 Å². The van der Waals surface area contributed by atoms with Crippen LogP contribution >= 0.6 is 0 Å². The highest BCUT2D eigenvalue weighted by Crippen LogP contribution is 2.62. The molecule has 138 valence electrons. The van der Waals surface area contributed by atoms with Crippen molar-refractivity contribution >= 4 is 11.5 Å². The first-order valence-electron chi connectivity index (χ1n) is 10.2. The van der Waals surface area contributed by atoms with Crippen LogP contribution in [0.4, 0.5) is 0 Å². The van der Waals surface area contributed by atoms with Crippen LogP contribution < -0.4 is 5.73 Å². The van der Waals surface area contributed by atoms with Gasteiger partial charge in [0.2, 0.25) is 0 Å². The molecular formula is C22H29N3O. The molecule has 2 fully saturated rings. The molecule has 3 aliphatic carbocycles. The minimum Gasteiger partial charge on any atom is -0.382 e. The number of ether oxygens (including phenoxy) is 1. The van der Waals surface area contributed by atoms with Crippen LogP contribution in [0.2, 0.25) is 0 Å². The standard InChI is InChI=1S/C22H29N3O/c1-14-20(23)25-22(24-14)19-12-16(15-4-3-5-15)6-7-17(19)13-21(22)10-8-18(26-2)9-11-21/h6-7,12,15,18H,3-5,8-11,13H2,1-2H3,(H2,23,25). The zero-order valence-corrected chi connectivity index (χ0v) is 15.9. The number of hydrogen-bond donors (Lipinski definition) is 1. The van der Waals surface area contributed by atoms with E-state index >= 15 is 0 Å². The van der Waals surface area contributed by atoms with Gasteiger partial charge in [-0.1, -0.05) is 24.6 Å². The molecule has 1 atom stereocenters. The van der Waals surface area contributed by atoms with Crippen molar-refractivity contribution in [3.05, 3.63) is 34.9 Å². The summed E-state index contributed by atoms with van der Waals surface area (Å²) in [7, 11) is 1.83. The summed E-state index contributed by atoms with van der Waals surface area (Å²) < 4.78 is 5.64. The molecular weight excluding hydrogens is 322 g/mol. The van der Waals surface area contributed by atoms with Crippen LogP contribution in [0.5, 0.6) is 0 Å². The van der Waals surface area contributed by atoms with Gasteiger partial charge in [0.25, 0.3) is 0 Å². The lowest BCUT2D eigenvalue weighted by Crippen LogP contribution is -2.43. The highest BCUT2D eigenvalue weighted by molar-refractivity contribution is 6.41. The number of fused-ring (bicyclic) bond motifs is 3. The van der Waals surface area contributed by atoms with Gasteiger partial charge >= 0.3 is 0 Å². The van der Waals surface area contributed by atoms with Gasteiger partial charge < -0.3 is 10.5 Å². The number of hydrogen-bond acceptors (Lipinski definition) is 4. The van der Waals surface area contributed by atoms with Gasteiger partial charge in [-0.2, -0.15) is 0 Å². The van der Waals surface area contributed by atoms with Crippen LogP contribution in [0.1, 0.15) is 74.5 Å². The minimum atomic E-state index is -0.491. The molecule has 5 rings (SSSR count). The number of amidine groups is 1. The van der Waals surface area contributed by atoms with Gasteiger partial charge in [0.05, 0.1) is 11.8 Å². The molecule has 2 spiro atoms. The zero-order chi connectivity index (χ0) is 17.9. The van der Waals surface area contributed by atoms with E-state index in [-0.39, 0.29) is 5.41 Å². The summed E-state index contributed by atoms with van der Waals surface area (Å²) in [5.41, 5.74) is 11.0. The Balaban J connectivity index is 1.62. The first-order valence-corrected chi connectivity index (χ1v) is 10.2. The van der Waals surface area contributed by atoms with E-state index in [4.69, 9.17) is 20.5 Å². The quantitative estimate of drug-likeness (QED) is 0.873. The third-order valence-electron chi connectivity index (χ3n) is 7.56. The Kier molecular flexibility index (Phi) is 3.59. The molecule has 2 N–H and O–H groups in total. The second-order valence-corrected chi connectivity index (χ2v) is 8.80. The van der Waals surface area contributed by atoms with Crippen molar-refractivity contribution in [2.45, 2.75) is 76.0 Å². The predicted octanol–water partition coefficient (Wildman–Crippen LogP) is 4.07. The van der Waals surface area contributed by atoms with Crippen molar-refractivity contribution in [3.63, 3.8) is 0 Å². The zero-order valence-electron chi connectivity index (χ0n) is 15.9. The van der Waals surface area contributed by atoms with E-state index in [9.17, 15) is 0 Å². The number of nitrogens with two attached hydrogens (primary N) is 1. The maximum absolute atomic E-state index is 6.26. The Morgan fingerprint density at radius 1 is 1.12 bits per heavy atom. The fourth-order valence-electron chi connectivity index (χ4n) is 5.68. The van der Waals surface area contributed by atoms with Gasteiger partial charge in [0.15, 0.2) is 5.66 Å². The van der Waals surface area contributed by atoms with Gasteiger partial charge in [-0.3, -0.25) is 4.99 Å². The smallest absolute Gasteiger partial charge is 0.184 e. The number of nitrogens with zero attached hydrogens (tertiary/aromatic N) is 2. The van der Waals surface area contributed by atoms with E-state index in [1.54, 1.807) is 0 Å². The molecule has 1 aliphatic heterocycles. The summed E-state index contributed by atoms with van der Waals surface area (Å²) >= 11 is 0. The number of benzene rings is 1. The van der Waals surface area contributed by atoms with E-state index in [0.29, 0.717) is 11.9 Å². The molecule has 4 heteroatoms. The van der Waals surface area contributed by atoms with Crippen molar-refractivity contribution in [1.29, 1.82) is 0 Å². The van der Waals surface area contributed by atoms with Crippen molar-refractivity contribution < 1.29 is 4.74 Å². The fourth-order valence-corrected chi connectivity index (χ4v) is 5.68. The Morgan fingerprint density at radius 3 is 2.46 bits per heavy atom. The summed E-state index contributed by atoms with van der Waals surface area (Å²) in [6.45, 7) is 2.01. The molecule has 1 aromatic rings. The van der Waals surface area contributed by atoms with Crippen LogP contribution in [0.25, 0.3) is 0 Å². The summed E-state index contributed by atoms with van der Waals surface area (Å²) in [5.74, 6) is 1.35. The molecule has 1 aromatic carbocycles. The van der Waals surface area contributed by atoms with E-state index in [1.807, 2.05) is 14.0 Å². The highest BCUT2D eigenvalue weighted by atomic mass is 16.5. The third kappa shape index (κ3) is 2.11. The summed E-state index contributed by atoms with van der Waals surface area (Å²) in [5, 5.41) is 0. The third-order valence-corrected chi connectivity index (χ3v) is 7.56. The first-order chi connectivity index (χ1) is 12.6. The summed E-state index contributed by atoms with van der Waals surface area (Å²) in [6.07, 6.45) is 9.82. The Bertz CT molecular complexity index is 780. The van der Waals surface area contributed by atoms with Crippen molar-refractivity contribution in [1.82, 2.24) is 0 Å². The molecule has 26 heavy (non-hydrogen) atoms. The van der Waals surface area contributed by atoms with Crippen molar-refractivity contribution in [2.75, 3.05) is 7.11 Å². The van der Waals surface area contributed by atoms with Crippen LogP contribution in [0.15, 0.2) is 28.2 Å². The number of methoxy groups -OCH3 is 1. The maximum atomic E-state index is 6.26. The van der Waals surface area contributed by atoms with Crippen LogP contribution in [0.3, 0.4) is 0 Å². The molecule has 4 aliphatic rings. The first kappa shape index (κ1) is 16.5. The van der Waals surface area contributed by atoms with Crippen molar-refractivity contribution in [3.8, 4) is 0 Å². The van der Waals surface area contributed by atoms with E-state index in [2.05, 4.69) is 18.2 Å². The van der Waals surface area contributed by atoms with E-state index in [1.165, 1.54) is 36.0 Å². The SMILES string of the molecule is COC1CCC2(CC1)Cc1ccc(C3CCC3)cc1C21N=C(C)C(N)=N1. The Morgan fingerprint density at radius 2 is 1.88 bits per heavy atom. The topological polar surface area (TPSA) is 60.0 Å². The molecule has 0 saturated heterocycles. The fraction of sp³-hybridized carbons (Fsp3) is 0.636. The van der Waals surface area contributed by atoms with E-state index in [0.717, 1.165) is 43.7 Å². The molecule has 1 heterocycles. The summed E-state index contributed by atoms with van der Waals surface area (Å²) in [4.78, 5) is 10.2. The molecule has 4 nitrogen and oxygen atoms in total. The average Bonchev–Trinajstić information content (AvgIpc) is 3.03. The lowest BCUT2D eigenvalue weighted by Gasteiger charge is -2.44. The lowest BCUT2D eigenvalue weighted by atomic mass is 9.65. The van der Waals surface area contributed by atoms with Crippen LogP contribution in [-0.2, 0) is 16.8 Å². The normalized spacial score (nSPS) is 36.2. The highest BCUT2D eigenvalue weighted by Gasteiger charge is 2.60. The Hall–Kier alpha value is -1.68. The molecule has 0 bridgehead atoms. The average molecular weight is 351 g/mol. The van der Waals surface area contributed by atoms with Gasteiger partial charge in [-0.15, -0.1) is 0 Å². The largest absolute Gasteiger partial charge is 0.382 e. The maximum Gasteiger partial charge on any atom is 0.184 e. The number of rotatable bonds is 2. The monoisotopic (exact) mass is 351 g/mol. The molecule has 0 radical (unpaired) electrons. The van der Waals surface area contributed by atoms with Gasteiger partial charge in [-0.05, 0) is 68.9 Å². The predicted molar refractivity (Wildman–Crippen MR) is 105 cm³/mol. The van der Waals surface area contributed by atoms with Gasteiger partial charge in [0, 0.05) is 18.1 Å². The minimum absolute atomic E-state index is 0.0605. The second-order valence-electron chi connectivity index (χ2n) is 8.80. The van der Waals surface area contributed by atoms with Crippen LogP contribution in [-0.4, -0.2) is 24.8 Å². The second kappa shape index (κ2) is 5.66.